The van der Waals surface area contributed by atoms with E-state index < -0.39 is 0 Å². The molecule has 0 unspecified atom stereocenters. The molecule has 2 rings (SSSR count). The van der Waals surface area contributed by atoms with Crippen LogP contribution in [0.25, 0.3) is 0 Å². The summed E-state index contributed by atoms with van der Waals surface area (Å²) < 4.78 is 11.2. The maximum Gasteiger partial charge on any atom is 0.242 e. The minimum Gasteiger partial charge on any atom is -0.467 e. The van der Waals surface area contributed by atoms with Gasteiger partial charge in [0.15, 0.2) is 0 Å². The highest BCUT2D eigenvalue weighted by Gasteiger charge is 2.26. The van der Waals surface area contributed by atoms with Crippen molar-refractivity contribution in [2.24, 2.45) is 0 Å². The Hall–Kier alpha value is -1.82. The van der Waals surface area contributed by atoms with Crippen LogP contribution >= 0.6 is 0 Å². The van der Waals surface area contributed by atoms with Crippen molar-refractivity contribution in [3.63, 3.8) is 0 Å². The third-order valence-electron chi connectivity index (χ3n) is 4.93. The molecule has 2 amide bonds. The topological polar surface area (TPSA) is 63.0 Å². The predicted molar refractivity (Wildman–Crippen MR) is 104 cm³/mol. The molecule has 1 aromatic rings. The first-order chi connectivity index (χ1) is 13.1. The summed E-state index contributed by atoms with van der Waals surface area (Å²) in [5.41, 5.74) is 0. The lowest BCUT2D eigenvalue weighted by molar-refractivity contribution is -0.142. The lowest BCUT2D eigenvalue weighted by atomic mass is 10.2. The van der Waals surface area contributed by atoms with E-state index in [1.54, 1.807) is 16.1 Å². The zero-order chi connectivity index (χ0) is 19.5. The molecule has 1 fully saturated rings. The van der Waals surface area contributed by atoms with Crippen LogP contribution < -0.4 is 0 Å². The fraction of sp³-hybridized carbons (Fsp3) is 0.714. The number of amides is 2. The number of hydrogen-bond acceptors (Lipinski definition) is 4. The molecule has 6 heteroatoms. The smallest absolute Gasteiger partial charge is 0.242 e. The molecule has 0 saturated carbocycles. The van der Waals surface area contributed by atoms with Gasteiger partial charge in [0.1, 0.15) is 5.76 Å². The van der Waals surface area contributed by atoms with Gasteiger partial charge in [0, 0.05) is 26.1 Å². The Morgan fingerprint density at radius 2 is 1.96 bits per heavy atom. The summed E-state index contributed by atoms with van der Waals surface area (Å²) in [7, 11) is 0. The third-order valence-corrected chi connectivity index (χ3v) is 4.93. The van der Waals surface area contributed by atoms with E-state index in [2.05, 4.69) is 13.8 Å². The summed E-state index contributed by atoms with van der Waals surface area (Å²) in [5.74, 6) is 0.787. The molecule has 1 aliphatic rings. The Morgan fingerprint density at radius 3 is 2.59 bits per heavy atom. The molecule has 152 valence electrons. The lowest BCUT2D eigenvalue weighted by Crippen LogP contribution is -2.45. The van der Waals surface area contributed by atoms with Crippen LogP contribution in [0.15, 0.2) is 22.8 Å². The molecule has 0 N–H and O–H groups in total. The number of ether oxygens (including phenoxy) is 1. The zero-order valence-corrected chi connectivity index (χ0v) is 16.8. The Balaban J connectivity index is 2.01. The van der Waals surface area contributed by atoms with E-state index in [0.717, 1.165) is 50.9 Å². The lowest BCUT2D eigenvalue weighted by Gasteiger charge is -2.29. The Kier molecular flexibility index (Phi) is 9.39. The van der Waals surface area contributed by atoms with Crippen molar-refractivity contribution in [3.8, 4) is 0 Å². The second kappa shape index (κ2) is 11.8. The molecule has 2 heterocycles. The van der Waals surface area contributed by atoms with Crippen LogP contribution in [0.3, 0.4) is 0 Å². The molecule has 1 aromatic heterocycles. The van der Waals surface area contributed by atoms with Crippen molar-refractivity contribution in [2.45, 2.75) is 71.4 Å². The zero-order valence-electron chi connectivity index (χ0n) is 16.8. The average molecular weight is 379 g/mol. The molecular weight excluding hydrogens is 344 g/mol. The van der Waals surface area contributed by atoms with Crippen molar-refractivity contribution in [1.29, 1.82) is 0 Å². The summed E-state index contributed by atoms with van der Waals surface area (Å²) >= 11 is 0. The molecule has 1 aliphatic heterocycles. The number of hydrogen-bond donors (Lipinski definition) is 0. The van der Waals surface area contributed by atoms with Gasteiger partial charge in [-0.2, -0.15) is 0 Å². The van der Waals surface area contributed by atoms with E-state index in [4.69, 9.17) is 9.15 Å². The Morgan fingerprint density at radius 1 is 1.15 bits per heavy atom. The SMILES string of the molecule is CCCCC(=O)N(CCCC)CC(=O)N(Cc1ccco1)C[C@@H]1CCCO1. The van der Waals surface area contributed by atoms with Gasteiger partial charge in [0.05, 0.1) is 25.5 Å². The van der Waals surface area contributed by atoms with Crippen LogP contribution in [0.1, 0.15) is 64.6 Å². The van der Waals surface area contributed by atoms with E-state index >= 15 is 0 Å². The third kappa shape index (κ3) is 7.37. The van der Waals surface area contributed by atoms with Crippen LogP contribution in [0.5, 0.6) is 0 Å². The largest absolute Gasteiger partial charge is 0.467 e. The van der Waals surface area contributed by atoms with E-state index in [1.165, 1.54) is 0 Å². The first-order valence-electron chi connectivity index (χ1n) is 10.3. The fourth-order valence-electron chi connectivity index (χ4n) is 3.27. The molecule has 27 heavy (non-hydrogen) atoms. The predicted octanol–water partition coefficient (Wildman–Crippen LogP) is 3.61. The van der Waals surface area contributed by atoms with Gasteiger partial charge in [-0.15, -0.1) is 0 Å². The Labute approximate surface area is 162 Å². The molecule has 1 atom stereocenters. The quantitative estimate of drug-likeness (QED) is 0.557. The number of rotatable bonds is 12. The van der Waals surface area contributed by atoms with E-state index in [9.17, 15) is 9.59 Å². The van der Waals surface area contributed by atoms with Gasteiger partial charge in [0.25, 0.3) is 0 Å². The second-order valence-electron chi connectivity index (χ2n) is 7.26. The van der Waals surface area contributed by atoms with Gasteiger partial charge >= 0.3 is 0 Å². The highest BCUT2D eigenvalue weighted by molar-refractivity contribution is 5.84. The number of unbranched alkanes of at least 4 members (excludes halogenated alkanes) is 2. The van der Waals surface area contributed by atoms with Crippen molar-refractivity contribution in [2.75, 3.05) is 26.2 Å². The van der Waals surface area contributed by atoms with Crippen LogP contribution in [0.2, 0.25) is 0 Å². The van der Waals surface area contributed by atoms with Crippen molar-refractivity contribution in [3.05, 3.63) is 24.2 Å². The maximum absolute atomic E-state index is 13.0. The van der Waals surface area contributed by atoms with Crippen molar-refractivity contribution in [1.82, 2.24) is 9.80 Å². The first-order valence-corrected chi connectivity index (χ1v) is 10.3. The molecule has 1 saturated heterocycles. The normalized spacial score (nSPS) is 16.4. The molecule has 0 aliphatic carbocycles. The molecule has 0 radical (unpaired) electrons. The minimum absolute atomic E-state index is 0.0390. The average Bonchev–Trinajstić information content (AvgIpc) is 3.36. The second-order valence-corrected chi connectivity index (χ2v) is 7.26. The number of carbonyl (C=O) groups is 2. The van der Waals surface area contributed by atoms with E-state index in [1.807, 2.05) is 12.1 Å². The maximum atomic E-state index is 13.0. The summed E-state index contributed by atoms with van der Waals surface area (Å²) in [6, 6.07) is 3.70. The van der Waals surface area contributed by atoms with Gasteiger partial charge < -0.3 is 19.0 Å². The first kappa shape index (κ1) is 21.5. The van der Waals surface area contributed by atoms with E-state index in [-0.39, 0.29) is 24.5 Å². The molecule has 6 nitrogen and oxygen atoms in total. The summed E-state index contributed by atoms with van der Waals surface area (Å²) in [4.78, 5) is 29.1. The van der Waals surface area contributed by atoms with Crippen LogP contribution in [0, 0.1) is 0 Å². The van der Waals surface area contributed by atoms with Crippen LogP contribution in [0.4, 0.5) is 0 Å². The van der Waals surface area contributed by atoms with Gasteiger partial charge in [-0.25, -0.2) is 0 Å². The standard InChI is InChI=1S/C21H34N2O4/c1-3-5-11-20(24)22(12-6-4-2)17-21(25)23(15-18-9-7-13-26-18)16-19-10-8-14-27-19/h7,9,13,19H,3-6,8,10-12,14-17H2,1-2H3/t19-/m0/s1. The summed E-state index contributed by atoms with van der Waals surface area (Å²) in [5, 5.41) is 0. The van der Waals surface area contributed by atoms with Gasteiger partial charge in [0.2, 0.25) is 11.8 Å². The summed E-state index contributed by atoms with van der Waals surface area (Å²) in [6.07, 6.45) is 7.95. The highest BCUT2D eigenvalue weighted by atomic mass is 16.5. The molecule has 0 aromatic carbocycles. The van der Waals surface area contributed by atoms with Crippen LogP contribution in [-0.4, -0.2) is 54.0 Å². The van der Waals surface area contributed by atoms with E-state index in [0.29, 0.717) is 26.1 Å². The van der Waals surface area contributed by atoms with Crippen LogP contribution in [-0.2, 0) is 20.9 Å². The van der Waals surface area contributed by atoms with Gasteiger partial charge in [-0.3, -0.25) is 9.59 Å². The van der Waals surface area contributed by atoms with Crippen molar-refractivity contribution >= 4 is 11.8 Å². The molecular formula is C21H34N2O4. The number of carbonyl (C=O) groups excluding carboxylic acids is 2. The van der Waals surface area contributed by atoms with Gasteiger partial charge in [-0.1, -0.05) is 26.7 Å². The number of furan rings is 1. The molecule has 0 spiro atoms. The molecule has 0 bridgehead atoms. The Bertz CT molecular complexity index is 553. The van der Waals surface area contributed by atoms with Crippen molar-refractivity contribution < 1.29 is 18.7 Å². The monoisotopic (exact) mass is 378 g/mol. The summed E-state index contributed by atoms with van der Waals surface area (Å²) in [6.45, 7) is 6.65. The number of nitrogens with zero attached hydrogens (tertiary/aromatic N) is 2. The highest BCUT2D eigenvalue weighted by Crippen LogP contribution is 2.16. The minimum atomic E-state index is -0.0390. The van der Waals surface area contributed by atoms with Gasteiger partial charge in [-0.05, 0) is 37.8 Å². The fourth-order valence-corrected chi connectivity index (χ4v) is 3.27.